The molecule has 158 valence electrons. The lowest BCUT2D eigenvalue weighted by Crippen LogP contribution is -2.49. The Morgan fingerprint density at radius 2 is 2.04 bits per heavy atom. The van der Waals surface area contributed by atoms with E-state index in [0.717, 1.165) is 62.6 Å². The number of piperidine rings is 1. The van der Waals surface area contributed by atoms with E-state index < -0.39 is 0 Å². The SMILES string of the molecule is CN=C(NCCCc1ccccc1Cl)NC1CCN(CC2CCOC2)CC1.I. The highest BCUT2D eigenvalue weighted by Gasteiger charge is 2.24. The standard InChI is InChI=1S/C21H33ClN4O.HI/c1-23-21(24-11-4-6-18-5-2-3-7-20(18)22)25-19-8-12-26(13-9-19)15-17-10-14-27-16-17;/h2-3,5,7,17,19H,4,6,8-16H2,1H3,(H2,23,24,25);1H. The Hall–Kier alpha value is -0.570. The number of hydrogen-bond donors (Lipinski definition) is 2. The number of nitrogens with one attached hydrogen (secondary N) is 2. The van der Waals surface area contributed by atoms with Gasteiger partial charge in [-0.1, -0.05) is 29.8 Å². The molecule has 1 atom stereocenters. The minimum Gasteiger partial charge on any atom is -0.381 e. The summed E-state index contributed by atoms with van der Waals surface area (Å²) >= 11 is 6.22. The molecule has 1 aromatic carbocycles. The van der Waals surface area contributed by atoms with E-state index >= 15 is 0 Å². The second-order valence-electron chi connectivity index (χ2n) is 7.64. The normalized spacial score (nSPS) is 21.4. The molecule has 0 bridgehead atoms. The van der Waals surface area contributed by atoms with Crippen LogP contribution in [0.3, 0.4) is 0 Å². The Bertz CT molecular complexity index is 602. The van der Waals surface area contributed by atoms with E-state index in [0.29, 0.717) is 6.04 Å². The van der Waals surface area contributed by atoms with Crippen LogP contribution in [0.4, 0.5) is 0 Å². The monoisotopic (exact) mass is 520 g/mol. The van der Waals surface area contributed by atoms with Crippen LogP contribution in [-0.2, 0) is 11.2 Å². The molecule has 3 rings (SSSR count). The minimum atomic E-state index is 0. The Labute approximate surface area is 191 Å². The number of likely N-dealkylation sites (tertiary alicyclic amines) is 1. The average molecular weight is 521 g/mol. The van der Waals surface area contributed by atoms with E-state index in [-0.39, 0.29) is 24.0 Å². The quantitative estimate of drug-likeness (QED) is 0.250. The van der Waals surface area contributed by atoms with Gasteiger partial charge in [0.2, 0.25) is 0 Å². The van der Waals surface area contributed by atoms with Gasteiger partial charge in [0, 0.05) is 50.9 Å². The fraction of sp³-hybridized carbons (Fsp3) is 0.667. The summed E-state index contributed by atoms with van der Waals surface area (Å²) in [4.78, 5) is 6.98. The number of ether oxygens (including phenoxy) is 1. The van der Waals surface area contributed by atoms with Crippen molar-refractivity contribution in [3.8, 4) is 0 Å². The molecule has 0 radical (unpaired) electrons. The molecule has 2 saturated heterocycles. The van der Waals surface area contributed by atoms with Crippen LogP contribution in [0.25, 0.3) is 0 Å². The minimum absolute atomic E-state index is 0. The second kappa shape index (κ2) is 12.9. The van der Waals surface area contributed by atoms with Crippen molar-refractivity contribution < 1.29 is 4.74 Å². The van der Waals surface area contributed by atoms with E-state index in [9.17, 15) is 0 Å². The molecule has 28 heavy (non-hydrogen) atoms. The number of nitrogens with zero attached hydrogens (tertiary/aromatic N) is 2. The topological polar surface area (TPSA) is 48.9 Å². The molecule has 0 aliphatic carbocycles. The molecule has 2 aliphatic heterocycles. The molecule has 2 fully saturated rings. The molecule has 1 unspecified atom stereocenters. The zero-order valence-corrected chi connectivity index (χ0v) is 19.9. The molecule has 7 heteroatoms. The number of aliphatic imine (C=N–C) groups is 1. The maximum atomic E-state index is 6.22. The lowest BCUT2D eigenvalue weighted by molar-refractivity contribution is 0.150. The van der Waals surface area contributed by atoms with Crippen LogP contribution in [-0.4, -0.2) is 63.3 Å². The van der Waals surface area contributed by atoms with E-state index in [1.165, 1.54) is 31.4 Å². The Kier molecular flexibility index (Phi) is 10.9. The fourth-order valence-electron chi connectivity index (χ4n) is 3.93. The zero-order valence-electron chi connectivity index (χ0n) is 16.8. The molecule has 2 aliphatic rings. The van der Waals surface area contributed by atoms with Crippen molar-refractivity contribution in [2.24, 2.45) is 10.9 Å². The number of aryl methyl sites for hydroxylation is 1. The fourth-order valence-corrected chi connectivity index (χ4v) is 4.16. The van der Waals surface area contributed by atoms with E-state index in [4.69, 9.17) is 16.3 Å². The van der Waals surface area contributed by atoms with E-state index in [1.807, 2.05) is 25.2 Å². The van der Waals surface area contributed by atoms with Crippen molar-refractivity contribution in [3.05, 3.63) is 34.9 Å². The van der Waals surface area contributed by atoms with Crippen LogP contribution in [0.5, 0.6) is 0 Å². The van der Waals surface area contributed by atoms with Crippen LogP contribution in [0.15, 0.2) is 29.3 Å². The van der Waals surface area contributed by atoms with Gasteiger partial charge in [-0.25, -0.2) is 0 Å². The van der Waals surface area contributed by atoms with Crippen LogP contribution in [0.1, 0.15) is 31.2 Å². The van der Waals surface area contributed by atoms with Crippen LogP contribution < -0.4 is 10.6 Å². The first kappa shape index (κ1) is 23.7. The average Bonchev–Trinajstić information content (AvgIpc) is 3.20. The third-order valence-electron chi connectivity index (χ3n) is 5.57. The van der Waals surface area contributed by atoms with Crippen molar-refractivity contribution in [1.29, 1.82) is 0 Å². The third kappa shape index (κ3) is 7.69. The number of benzene rings is 1. The molecule has 0 amide bonds. The zero-order chi connectivity index (χ0) is 18.9. The highest BCUT2D eigenvalue weighted by atomic mass is 127. The van der Waals surface area contributed by atoms with Gasteiger partial charge in [-0.3, -0.25) is 4.99 Å². The van der Waals surface area contributed by atoms with Crippen molar-refractivity contribution in [2.75, 3.05) is 46.4 Å². The summed E-state index contributed by atoms with van der Waals surface area (Å²) in [7, 11) is 1.85. The van der Waals surface area contributed by atoms with E-state index in [1.54, 1.807) is 0 Å². The molecular weight excluding hydrogens is 487 g/mol. The second-order valence-corrected chi connectivity index (χ2v) is 8.05. The Morgan fingerprint density at radius 1 is 1.25 bits per heavy atom. The molecule has 0 aromatic heterocycles. The Morgan fingerprint density at radius 3 is 2.71 bits per heavy atom. The maximum Gasteiger partial charge on any atom is 0.191 e. The summed E-state index contributed by atoms with van der Waals surface area (Å²) < 4.78 is 5.50. The van der Waals surface area contributed by atoms with Crippen molar-refractivity contribution in [3.63, 3.8) is 0 Å². The molecule has 0 saturated carbocycles. The van der Waals surface area contributed by atoms with Gasteiger partial charge in [0.25, 0.3) is 0 Å². The summed E-state index contributed by atoms with van der Waals surface area (Å²) in [6.45, 7) is 6.31. The first-order valence-electron chi connectivity index (χ1n) is 10.3. The van der Waals surface area contributed by atoms with Gasteiger partial charge in [0.05, 0.1) is 6.61 Å². The first-order chi connectivity index (χ1) is 13.2. The molecule has 1 aromatic rings. The lowest BCUT2D eigenvalue weighted by Gasteiger charge is -2.34. The first-order valence-corrected chi connectivity index (χ1v) is 10.6. The van der Waals surface area contributed by atoms with E-state index in [2.05, 4.69) is 26.6 Å². The summed E-state index contributed by atoms with van der Waals surface area (Å²) in [6.07, 6.45) is 5.59. The largest absolute Gasteiger partial charge is 0.381 e. The highest BCUT2D eigenvalue weighted by Crippen LogP contribution is 2.18. The number of rotatable bonds is 7. The summed E-state index contributed by atoms with van der Waals surface area (Å²) in [5.41, 5.74) is 1.21. The molecule has 2 N–H and O–H groups in total. The highest BCUT2D eigenvalue weighted by molar-refractivity contribution is 14.0. The van der Waals surface area contributed by atoms with Crippen LogP contribution in [0, 0.1) is 5.92 Å². The van der Waals surface area contributed by atoms with Crippen LogP contribution in [0.2, 0.25) is 5.02 Å². The van der Waals surface area contributed by atoms with Gasteiger partial charge in [0.1, 0.15) is 0 Å². The predicted octanol–water partition coefficient (Wildman–Crippen LogP) is 3.56. The maximum absolute atomic E-state index is 6.22. The Balaban J connectivity index is 0.00000280. The number of halogens is 2. The molecule has 5 nitrogen and oxygen atoms in total. The van der Waals surface area contributed by atoms with Crippen LogP contribution >= 0.6 is 35.6 Å². The van der Waals surface area contributed by atoms with Crippen molar-refractivity contribution in [1.82, 2.24) is 15.5 Å². The van der Waals surface area contributed by atoms with Gasteiger partial charge in [-0.2, -0.15) is 0 Å². The van der Waals surface area contributed by atoms with Crippen molar-refractivity contribution in [2.45, 2.75) is 38.1 Å². The van der Waals surface area contributed by atoms with Crippen molar-refractivity contribution >= 4 is 41.5 Å². The number of guanidine groups is 1. The smallest absolute Gasteiger partial charge is 0.191 e. The predicted molar refractivity (Wildman–Crippen MR) is 128 cm³/mol. The van der Waals surface area contributed by atoms with Gasteiger partial charge in [-0.15, -0.1) is 24.0 Å². The summed E-state index contributed by atoms with van der Waals surface area (Å²) in [6, 6.07) is 8.58. The molecule has 0 spiro atoms. The van der Waals surface area contributed by atoms with Gasteiger partial charge in [-0.05, 0) is 49.7 Å². The molecule has 2 heterocycles. The molecular formula is C21H34ClIN4O. The summed E-state index contributed by atoms with van der Waals surface area (Å²) in [5, 5.41) is 7.89. The third-order valence-corrected chi connectivity index (χ3v) is 5.93. The van der Waals surface area contributed by atoms with Gasteiger partial charge >= 0.3 is 0 Å². The number of hydrogen-bond acceptors (Lipinski definition) is 3. The van der Waals surface area contributed by atoms with Gasteiger partial charge in [0.15, 0.2) is 5.96 Å². The lowest BCUT2D eigenvalue weighted by atomic mass is 10.0. The van der Waals surface area contributed by atoms with Gasteiger partial charge < -0.3 is 20.3 Å². The summed E-state index contributed by atoms with van der Waals surface area (Å²) in [5.74, 6) is 1.65.